The number of rotatable bonds is 3. The Bertz CT molecular complexity index is 1300. The van der Waals surface area contributed by atoms with Crippen LogP contribution in [0.15, 0.2) is 91.0 Å². The van der Waals surface area contributed by atoms with Crippen LogP contribution in [0.25, 0.3) is 44.1 Å². The molecular formula is C26H21NO. The summed E-state index contributed by atoms with van der Waals surface area (Å²) in [4.78, 5) is 0. The Morgan fingerprint density at radius 1 is 0.607 bits per heavy atom. The van der Waals surface area contributed by atoms with Gasteiger partial charge in [-0.15, -0.1) is 0 Å². The maximum absolute atomic E-state index is 5.56. The van der Waals surface area contributed by atoms with Crippen molar-refractivity contribution in [1.82, 2.24) is 4.57 Å². The van der Waals surface area contributed by atoms with E-state index in [1.807, 2.05) is 12.1 Å². The van der Waals surface area contributed by atoms with Gasteiger partial charge in [0.05, 0.1) is 7.11 Å². The molecule has 2 nitrogen and oxygen atoms in total. The molecule has 5 aromatic rings. The van der Waals surface area contributed by atoms with Gasteiger partial charge in [-0.05, 0) is 34.9 Å². The number of benzene rings is 4. The number of hydrogen-bond donors (Lipinski definition) is 0. The van der Waals surface area contributed by atoms with Gasteiger partial charge in [0.1, 0.15) is 5.75 Å². The van der Waals surface area contributed by atoms with E-state index in [1.54, 1.807) is 7.11 Å². The minimum Gasteiger partial charge on any atom is -0.496 e. The number of para-hydroxylation sites is 1. The summed E-state index contributed by atoms with van der Waals surface area (Å²) in [6.45, 7) is 0. The Hall–Kier alpha value is -3.52. The lowest BCUT2D eigenvalue weighted by molar-refractivity contribution is 0.416. The first kappa shape index (κ1) is 16.6. The van der Waals surface area contributed by atoms with Crippen LogP contribution in [-0.2, 0) is 7.05 Å². The Labute approximate surface area is 164 Å². The van der Waals surface area contributed by atoms with Crippen molar-refractivity contribution in [3.8, 4) is 28.0 Å². The van der Waals surface area contributed by atoms with Gasteiger partial charge in [0.15, 0.2) is 0 Å². The molecule has 0 radical (unpaired) electrons. The minimum atomic E-state index is 0.895. The second-order valence-electron chi connectivity index (χ2n) is 7.09. The number of aryl methyl sites for hydroxylation is 1. The molecule has 0 aliphatic heterocycles. The standard InChI is InChI=1S/C26H21NO/c1-27-24-16-19(18-8-4-3-5-9-18)12-14-22(24)23-15-13-20(17-25(23)27)21-10-6-7-11-26(21)28-2/h3-17H,1-2H3. The quantitative estimate of drug-likeness (QED) is 0.349. The lowest BCUT2D eigenvalue weighted by atomic mass is 10.0. The number of ether oxygens (including phenoxy) is 1. The van der Waals surface area contributed by atoms with Crippen LogP contribution >= 0.6 is 0 Å². The van der Waals surface area contributed by atoms with Crippen LogP contribution in [0.4, 0.5) is 0 Å². The minimum absolute atomic E-state index is 0.895. The van der Waals surface area contributed by atoms with Gasteiger partial charge in [0.25, 0.3) is 0 Å². The van der Waals surface area contributed by atoms with E-state index in [1.165, 1.54) is 38.5 Å². The van der Waals surface area contributed by atoms with Crippen molar-refractivity contribution in [3.05, 3.63) is 91.0 Å². The second-order valence-corrected chi connectivity index (χ2v) is 7.09. The molecule has 0 unspecified atom stereocenters. The molecule has 0 spiro atoms. The number of nitrogens with zero attached hydrogens (tertiary/aromatic N) is 1. The smallest absolute Gasteiger partial charge is 0.126 e. The van der Waals surface area contributed by atoms with E-state index in [4.69, 9.17) is 4.74 Å². The van der Waals surface area contributed by atoms with E-state index in [9.17, 15) is 0 Å². The summed E-state index contributed by atoms with van der Waals surface area (Å²) in [5.41, 5.74) is 7.23. The van der Waals surface area contributed by atoms with Gasteiger partial charge >= 0.3 is 0 Å². The fourth-order valence-electron chi connectivity index (χ4n) is 4.06. The molecule has 0 atom stereocenters. The van der Waals surface area contributed by atoms with Crippen LogP contribution in [0, 0.1) is 0 Å². The van der Waals surface area contributed by atoms with Gasteiger partial charge < -0.3 is 9.30 Å². The molecule has 0 N–H and O–H groups in total. The lowest BCUT2D eigenvalue weighted by Crippen LogP contribution is -1.89. The van der Waals surface area contributed by atoms with Gasteiger partial charge in [-0.2, -0.15) is 0 Å². The molecule has 28 heavy (non-hydrogen) atoms. The summed E-state index contributed by atoms with van der Waals surface area (Å²) >= 11 is 0. The van der Waals surface area contributed by atoms with Crippen molar-refractivity contribution >= 4 is 21.8 Å². The van der Waals surface area contributed by atoms with Crippen molar-refractivity contribution < 1.29 is 4.74 Å². The first-order chi connectivity index (χ1) is 13.8. The van der Waals surface area contributed by atoms with Crippen LogP contribution in [0.5, 0.6) is 5.75 Å². The molecule has 5 rings (SSSR count). The zero-order chi connectivity index (χ0) is 19.1. The van der Waals surface area contributed by atoms with Gasteiger partial charge in [-0.3, -0.25) is 0 Å². The summed E-state index contributed by atoms with van der Waals surface area (Å²) in [5.74, 6) is 0.895. The van der Waals surface area contributed by atoms with Gasteiger partial charge in [-0.25, -0.2) is 0 Å². The van der Waals surface area contributed by atoms with Crippen molar-refractivity contribution in [2.24, 2.45) is 7.05 Å². The average molecular weight is 363 g/mol. The molecule has 0 saturated heterocycles. The largest absolute Gasteiger partial charge is 0.496 e. The maximum atomic E-state index is 5.56. The third-order valence-electron chi connectivity index (χ3n) is 5.53. The third kappa shape index (κ3) is 2.57. The van der Waals surface area contributed by atoms with Crippen molar-refractivity contribution in [1.29, 1.82) is 0 Å². The number of fused-ring (bicyclic) bond motifs is 3. The summed E-state index contributed by atoms with van der Waals surface area (Å²) in [6.07, 6.45) is 0. The molecule has 0 saturated carbocycles. The SMILES string of the molecule is COc1ccccc1-c1ccc2c3ccc(-c4ccccc4)cc3n(C)c2c1. The molecule has 0 fully saturated rings. The maximum Gasteiger partial charge on any atom is 0.126 e. The average Bonchev–Trinajstić information content (AvgIpc) is 3.05. The zero-order valence-electron chi connectivity index (χ0n) is 16.0. The van der Waals surface area contributed by atoms with E-state index in [0.717, 1.165) is 11.3 Å². The molecule has 4 aromatic carbocycles. The molecule has 1 aromatic heterocycles. The van der Waals surface area contributed by atoms with E-state index >= 15 is 0 Å². The molecule has 0 bridgehead atoms. The van der Waals surface area contributed by atoms with Gasteiger partial charge in [-0.1, -0.05) is 72.8 Å². The van der Waals surface area contributed by atoms with Crippen LogP contribution in [-0.4, -0.2) is 11.7 Å². The first-order valence-corrected chi connectivity index (χ1v) is 9.47. The first-order valence-electron chi connectivity index (χ1n) is 9.47. The third-order valence-corrected chi connectivity index (χ3v) is 5.53. The monoisotopic (exact) mass is 363 g/mol. The molecule has 136 valence electrons. The fraction of sp³-hybridized carbons (Fsp3) is 0.0769. The number of hydrogen-bond acceptors (Lipinski definition) is 1. The van der Waals surface area contributed by atoms with E-state index < -0.39 is 0 Å². The lowest BCUT2D eigenvalue weighted by Gasteiger charge is -2.09. The highest BCUT2D eigenvalue weighted by Gasteiger charge is 2.12. The summed E-state index contributed by atoms with van der Waals surface area (Å²) < 4.78 is 7.85. The molecular weight excluding hydrogens is 342 g/mol. The topological polar surface area (TPSA) is 14.2 Å². The van der Waals surface area contributed by atoms with E-state index in [0.29, 0.717) is 0 Å². The van der Waals surface area contributed by atoms with Crippen molar-refractivity contribution in [2.45, 2.75) is 0 Å². The molecule has 2 heteroatoms. The predicted octanol–water partition coefficient (Wildman–Crippen LogP) is 6.67. The zero-order valence-corrected chi connectivity index (χ0v) is 16.0. The molecule has 0 amide bonds. The predicted molar refractivity (Wildman–Crippen MR) is 118 cm³/mol. The normalized spacial score (nSPS) is 11.2. The van der Waals surface area contributed by atoms with Crippen LogP contribution in [0.3, 0.4) is 0 Å². The Morgan fingerprint density at radius 3 is 1.93 bits per heavy atom. The number of methoxy groups -OCH3 is 1. The highest BCUT2D eigenvalue weighted by molar-refractivity contribution is 6.10. The molecule has 0 aliphatic rings. The second kappa shape index (κ2) is 6.58. The highest BCUT2D eigenvalue weighted by Crippen LogP contribution is 2.36. The molecule has 1 heterocycles. The fourth-order valence-corrected chi connectivity index (χ4v) is 4.06. The molecule has 0 aliphatic carbocycles. The van der Waals surface area contributed by atoms with Crippen LogP contribution in [0.1, 0.15) is 0 Å². The van der Waals surface area contributed by atoms with Crippen LogP contribution < -0.4 is 4.74 Å². The van der Waals surface area contributed by atoms with E-state index in [-0.39, 0.29) is 0 Å². The van der Waals surface area contributed by atoms with Gasteiger partial charge in [0.2, 0.25) is 0 Å². The highest BCUT2D eigenvalue weighted by atomic mass is 16.5. The van der Waals surface area contributed by atoms with Crippen molar-refractivity contribution in [3.63, 3.8) is 0 Å². The Kier molecular flexibility index (Phi) is 3.91. The van der Waals surface area contributed by atoms with Crippen molar-refractivity contribution in [2.75, 3.05) is 7.11 Å². The summed E-state index contributed by atoms with van der Waals surface area (Å²) in [6, 6.07) is 32.1. The van der Waals surface area contributed by atoms with Gasteiger partial charge in [0, 0.05) is 34.4 Å². The summed E-state index contributed by atoms with van der Waals surface area (Å²) in [7, 11) is 3.87. The van der Waals surface area contributed by atoms with E-state index in [2.05, 4.69) is 90.5 Å². The number of aromatic nitrogens is 1. The summed E-state index contributed by atoms with van der Waals surface area (Å²) in [5, 5.41) is 2.56. The Balaban J connectivity index is 1.72. The van der Waals surface area contributed by atoms with Crippen LogP contribution in [0.2, 0.25) is 0 Å². The Morgan fingerprint density at radius 2 is 1.21 bits per heavy atom.